The first-order valence-corrected chi connectivity index (χ1v) is 5.47. The smallest absolute Gasteiger partial charge is 0.115 e. The van der Waals surface area contributed by atoms with Gasteiger partial charge in [-0.05, 0) is 25.5 Å². The lowest BCUT2D eigenvalue weighted by atomic mass is 10.1. The molecule has 1 rings (SSSR count). The molecule has 0 aliphatic heterocycles. The van der Waals surface area contributed by atoms with E-state index in [0.717, 1.165) is 16.3 Å². The van der Waals surface area contributed by atoms with Crippen molar-refractivity contribution in [3.63, 3.8) is 0 Å². The summed E-state index contributed by atoms with van der Waals surface area (Å²) >= 11 is 1.64. The molecule has 0 aliphatic carbocycles. The minimum atomic E-state index is 0.454. The number of thioether (sulfide) groups is 1. The van der Waals surface area contributed by atoms with E-state index in [2.05, 4.69) is 24.9 Å². The number of hydrogen-bond donors (Lipinski definition) is 0. The first kappa shape index (κ1) is 11.1. The molecule has 0 aliphatic rings. The van der Waals surface area contributed by atoms with Crippen molar-refractivity contribution in [2.45, 2.75) is 38.0 Å². The molecular weight excluding hydrogens is 192 g/mol. The zero-order valence-electron chi connectivity index (χ0n) is 8.96. The third kappa shape index (κ3) is 2.49. The maximum absolute atomic E-state index is 9.00. The summed E-state index contributed by atoms with van der Waals surface area (Å²) in [7, 11) is 0. The van der Waals surface area contributed by atoms with Crippen LogP contribution in [0.1, 0.15) is 30.7 Å². The number of pyridine rings is 1. The summed E-state index contributed by atoms with van der Waals surface area (Å²) in [5.41, 5.74) is 2.71. The molecule has 0 saturated carbocycles. The van der Waals surface area contributed by atoms with Gasteiger partial charge in [-0.2, -0.15) is 5.26 Å². The highest BCUT2D eigenvalue weighted by molar-refractivity contribution is 7.99. The fraction of sp³-hybridized carbons (Fsp3) is 0.455. The molecule has 0 saturated heterocycles. The minimum Gasteiger partial charge on any atom is -0.245 e. The number of hydrogen-bond acceptors (Lipinski definition) is 3. The Kier molecular flexibility index (Phi) is 3.54. The predicted octanol–water partition coefficient (Wildman–Crippen LogP) is 3.07. The van der Waals surface area contributed by atoms with E-state index >= 15 is 0 Å². The van der Waals surface area contributed by atoms with Gasteiger partial charge in [0, 0.05) is 10.9 Å². The van der Waals surface area contributed by atoms with Crippen molar-refractivity contribution in [1.29, 1.82) is 5.26 Å². The standard InChI is InChI=1S/C11H14N2S/c1-7(2)14-11-10(6-12)8(3)5-9(4)13-11/h5,7H,1-4H3. The molecule has 0 unspecified atom stereocenters. The third-order valence-electron chi connectivity index (χ3n) is 1.77. The number of aryl methyl sites for hydroxylation is 2. The Morgan fingerprint density at radius 3 is 2.57 bits per heavy atom. The Hall–Kier alpha value is -1.01. The molecule has 0 aromatic carbocycles. The van der Waals surface area contributed by atoms with Gasteiger partial charge in [-0.3, -0.25) is 0 Å². The third-order valence-corrected chi connectivity index (χ3v) is 2.76. The quantitative estimate of drug-likeness (QED) is 0.698. The van der Waals surface area contributed by atoms with E-state index in [1.54, 1.807) is 11.8 Å². The number of nitriles is 1. The normalized spacial score (nSPS) is 10.3. The molecule has 0 bridgehead atoms. The van der Waals surface area contributed by atoms with Crippen LogP contribution in [0.25, 0.3) is 0 Å². The summed E-state index contributed by atoms with van der Waals surface area (Å²) in [6.45, 7) is 8.12. The van der Waals surface area contributed by atoms with E-state index in [0.29, 0.717) is 10.8 Å². The minimum absolute atomic E-state index is 0.454. The van der Waals surface area contributed by atoms with Gasteiger partial charge in [-0.25, -0.2) is 4.98 Å². The van der Waals surface area contributed by atoms with Gasteiger partial charge in [-0.15, -0.1) is 11.8 Å². The van der Waals surface area contributed by atoms with E-state index in [-0.39, 0.29) is 0 Å². The molecule has 0 spiro atoms. The highest BCUT2D eigenvalue weighted by Crippen LogP contribution is 2.26. The zero-order chi connectivity index (χ0) is 10.7. The first-order valence-electron chi connectivity index (χ1n) is 4.59. The molecule has 14 heavy (non-hydrogen) atoms. The molecule has 0 N–H and O–H groups in total. The van der Waals surface area contributed by atoms with Crippen molar-refractivity contribution in [3.05, 3.63) is 22.9 Å². The van der Waals surface area contributed by atoms with Crippen LogP contribution in [0.4, 0.5) is 0 Å². The number of rotatable bonds is 2. The number of nitrogens with zero attached hydrogens (tertiary/aromatic N) is 2. The maximum atomic E-state index is 9.00. The van der Waals surface area contributed by atoms with Crippen molar-refractivity contribution in [3.8, 4) is 6.07 Å². The van der Waals surface area contributed by atoms with Crippen molar-refractivity contribution in [2.75, 3.05) is 0 Å². The highest BCUT2D eigenvalue weighted by Gasteiger charge is 2.10. The van der Waals surface area contributed by atoms with Gasteiger partial charge < -0.3 is 0 Å². The molecule has 0 atom stereocenters. The first-order chi connectivity index (χ1) is 6.54. The molecule has 0 fully saturated rings. The Labute approximate surface area is 89.4 Å². The van der Waals surface area contributed by atoms with Crippen LogP contribution in [-0.4, -0.2) is 10.2 Å². The Morgan fingerprint density at radius 2 is 2.07 bits per heavy atom. The number of aromatic nitrogens is 1. The van der Waals surface area contributed by atoms with Crippen molar-refractivity contribution in [2.24, 2.45) is 0 Å². The van der Waals surface area contributed by atoms with E-state index in [1.807, 2.05) is 19.9 Å². The van der Waals surface area contributed by atoms with Crippen molar-refractivity contribution >= 4 is 11.8 Å². The molecule has 0 amide bonds. The summed E-state index contributed by atoms with van der Waals surface area (Å²) in [6.07, 6.45) is 0. The monoisotopic (exact) mass is 206 g/mol. The van der Waals surface area contributed by atoms with Crippen LogP contribution in [0, 0.1) is 25.2 Å². The van der Waals surface area contributed by atoms with E-state index in [9.17, 15) is 0 Å². The Balaban J connectivity index is 3.20. The molecule has 3 heteroatoms. The highest BCUT2D eigenvalue weighted by atomic mass is 32.2. The molecule has 74 valence electrons. The SMILES string of the molecule is Cc1cc(C)c(C#N)c(SC(C)C)n1. The summed E-state index contributed by atoms with van der Waals surface area (Å²) < 4.78 is 0. The molecule has 0 radical (unpaired) electrons. The molecule has 2 nitrogen and oxygen atoms in total. The molecule has 1 aromatic rings. The van der Waals surface area contributed by atoms with E-state index in [4.69, 9.17) is 5.26 Å². The van der Waals surface area contributed by atoms with Gasteiger partial charge >= 0.3 is 0 Å². The van der Waals surface area contributed by atoms with Crippen LogP contribution >= 0.6 is 11.8 Å². The summed E-state index contributed by atoms with van der Waals surface area (Å²) in [5, 5.41) is 10.3. The Morgan fingerprint density at radius 1 is 1.43 bits per heavy atom. The fourth-order valence-electron chi connectivity index (χ4n) is 1.25. The van der Waals surface area contributed by atoms with Gasteiger partial charge in [0.15, 0.2) is 0 Å². The summed E-state index contributed by atoms with van der Waals surface area (Å²) in [4.78, 5) is 4.39. The lowest BCUT2D eigenvalue weighted by Crippen LogP contribution is -1.97. The van der Waals surface area contributed by atoms with Crippen LogP contribution in [0.15, 0.2) is 11.1 Å². The van der Waals surface area contributed by atoms with Crippen molar-refractivity contribution in [1.82, 2.24) is 4.98 Å². The Bertz CT molecular complexity index is 378. The second-order valence-corrected chi connectivity index (χ2v) is 5.10. The van der Waals surface area contributed by atoms with Gasteiger partial charge in [0.1, 0.15) is 11.1 Å². The maximum Gasteiger partial charge on any atom is 0.115 e. The fourth-order valence-corrected chi connectivity index (χ4v) is 2.21. The van der Waals surface area contributed by atoms with Gasteiger partial charge in [0.05, 0.1) is 5.56 Å². The van der Waals surface area contributed by atoms with E-state index < -0.39 is 0 Å². The van der Waals surface area contributed by atoms with Gasteiger partial charge in [-0.1, -0.05) is 13.8 Å². The van der Waals surface area contributed by atoms with E-state index in [1.165, 1.54) is 0 Å². The topological polar surface area (TPSA) is 36.7 Å². The van der Waals surface area contributed by atoms with Gasteiger partial charge in [0.2, 0.25) is 0 Å². The van der Waals surface area contributed by atoms with Crippen LogP contribution in [0.2, 0.25) is 0 Å². The lowest BCUT2D eigenvalue weighted by molar-refractivity contribution is 1.01. The summed E-state index contributed by atoms with van der Waals surface area (Å²) in [5.74, 6) is 0. The zero-order valence-corrected chi connectivity index (χ0v) is 9.77. The van der Waals surface area contributed by atoms with Crippen LogP contribution in [-0.2, 0) is 0 Å². The predicted molar refractivity (Wildman–Crippen MR) is 59.4 cm³/mol. The van der Waals surface area contributed by atoms with Crippen LogP contribution < -0.4 is 0 Å². The largest absolute Gasteiger partial charge is 0.245 e. The summed E-state index contributed by atoms with van der Waals surface area (Å²) in [6, 6.07) is 4.16. The average Bonchev–Trinajstić information content (AvgIpc) is 2.01. The van der Waals surface area contributed by atoms with Crippen LogP contribution in [0.5, 0.6) is 0 Å². The molecule has 1 heterocycles. The second kappa shape index (κ2) is 4.47. The average molecular weight is 206 g/mol. The van der Waals surface area contributed by atoms with Crippen LogP contribution in [0.3, 0.4) is 0 Å². The van der Waals surface area contributed by atoms with Gasteiger partial charge in [0.25, 0.3) is 0 Å². The second-order valence-electron chi connectivity index (χ2n) is 3.54. The lowest BCUT2D eigenvalue weighted by Gasteiger charge is -2.08. The molecular formula is C11H14N2S. The van der Waals surface area contributed by atoms with Crippen molar-refractivity contribution < 1.29 is 0 Å². The molecule has 1 aromatic heterocycles.